The van der Waals surface area contributed by atoms with Crippen LogP contribution in [0.15, 0.2) is 11.1 Å². The Bertz CT molecular complexity index is 546. The van der Waals surface area contributed by atoms with Gasteiger partial charge in [0.2, 0.25) is 0 Å². The molecular weight excluding hydrogens is 445 g/mol. The van der Waals surface area contributed by atoms with Gasteiger partial charge in [0, 0.05) is 38.3 Å². The summed E-state index contributed by atoms with van der Waals surface area (Å²) in [5.74, 6) is 0.717. The highest BCUT2D eigenvalue weighted by molar-refractivity contribution is 14.0. The van der Waals surface area contributed by atoms with Crippen LogP contribution in [0.2, 0.25) is 0 Å². The molecule has 1 rings (SSSR count). The number of aromatic nitrogens is 2. The quantitative estimate of drug-likeness (QED) is 0.168. The van der Waals surface area contributed by atoms with Crippen molar-refractivity contribution in [2.45, 2.75) is 59.4 Å². The minimum Gasteiger partial charge on any atom is -0.469 e. The number of unbranched alkanes of at least 4 members (excludes halogenated alkanes) is 2. The van der Waals surface area contributed by atoms with E-state index in [-0.39, 0.29) is 29.9 Å². The lowest BCUT2D eigenvalue weighted by Crippen LogP contribution is -2.37. The summed E-state index contributed by atoms with van der Waals surface area (Å²) in [6.07, 6.45) is 4.33. The SMILES string of the molecule is CCNC(=NCCCn1nc(C)cc1C)NCCCCCC(=O)OC.I. The van der Waals surface area contributed by atoms with E-state index in [2.05, 4.69) is 45.4 Å². The van der Waals surface area contributed by atoms with Crippen molar-refractivity contribution in [1.29, 1.82) is 0 Å². The van der Waals surface area contributed by atoms with Gasteiger partial charge in [-0.1, -0.05) is 6.42 Å². The zero-order valence-corrected chi connectivity index (χ0v) is 18.8. The molecule has 0 saturated heterocycles. The summed E-state index contributed by atoms with van der Waals surface area (Å²) in [6.45, 7) is 9.49. The molecule has 1 aromatic heterocycles. The maximum Gasteiger partial charge on any atom is 0.305 e. The van der Waals surface area contributed by atoms with Crippen LogP contribution in [-0.4, -0.2) is 48.5 Å². The Balaban J connectivity index is 0.00000625. The summed E-state index contributed by atoms with van der Waals surface area (Å²) in [5, 5.41) is 11.1. The number of methoxy groups -OCH3 is 1. The van der Waals surface area contributed by atoms with E-state index in [0.717, 1.165) is 63.5 Å². The minimum absolute atomic E-state index is 0. The number of halogens is 1. The normalized spacial score (nSPS) is 11.0. The van der Waals surface area contributed by atoms with Crippen molar-refractivity contribution < 1.29 is 9.53 Å². The predicted molar refractivity (Wildman–Crippen MR) is 116 cm³/mol. The Morgan fingerprint density at radius 1 is 1.23 bits per heavy atom. The molecule has 8 heteroatoms. The van der Waals surface area contributed by atoms with E-state index in [4.69, 9.17) is 0 Å². The fourth-order valence-corrected chi connectivity index (χ4v) is 2.53. The van der Waals surface area contributed by atoms with E-state index in [1.54, 1.807) is 0 Å². The molecule has 0 atom stereocenters. The lowest BCUT2D eigenvalue weighted by Gasteiger charge is -2.11. The molecule has 0 aromatic carbocycles. The molecule has 7 nitrogen and oxygen atoms in total. The number of guanidine groups is 1. The second kappa shape index (κ2) is 14.8. The number of carbonyl (C=O) groups excluding carboxylic acids is 1. The maximum absolute atomic E-state index is 11.0. The highest BCUT2D eigenvalue weighted by Crippen LogP contribution is 2.03. The number of carbonyl (C=O) groups is 1. The van der Waals surface area contributed by atoms with Crippen molar-refractivity contribution >= 4 is 35.9 Å². The van der Waals surface area contributed by atoms with Gasteiger partial charge in [-0.25, -0.2) is 0 Å². The predicted octanol–water partition coefficient (Wildman–Crippen LogP) is 2.80. The second-order valence-electron chi connectivity index (χ2n) is 6.08. The van der Waals surface area contributed by atoms with Crippen molar-refractivity contribution in [3.8, 4) is 0 Å². The Morgan fingerprint density at radius 3 is 2.62 bits per heavy atom. The number of hydrogen-bond donors (Lipinski definition) is 2. The van der Waals surface area contributed by atoms with Gasteiger partial charge in [-0.15, -0.1) is 24.0 Å². The molecule has 0 fully saturated rings. The van der Waals surface area contributed by atoms with Crippen molar-refractivity contribution in [2.75, 3.05) is 26.7 Å². The third-order valence-electron chi connectivity index (χ3n) is 3.82. The van der Waals surface area contributed by atoms with Gasteiger partial charge in [0.1, 0.15) is 0 Å². The largest absolute Gasteiger partial charge is 0.469 e. The summed E-state index contributed by atoms with van der Waals surface area (Å²) < 4.78 is 6.67. The molecule has 0 aliphatic carbocycles. The van der Waals surface area contributed by atoms with Gasteiger partial charge in [-0.2, -0.15) is 5.10 Å². The standard InChI is InChI=1S/C18H33N5O2.HI/c1-5-19-18(20-11-8-6-7-10-17(24)25-4)21-12-9-13-23-16(3)14-15(2)22-23;/h14H,5-13H2,1-4H3,(H2,19,20,21);1H. The Kier molecular flexibility index (Phi) is 14.1. The molecule has 150 valence electrons. The topological polar surface area (TPSA) is 80.5 Å². The van der Waals surface area contributed by atoms with Gasteiger partial charge in [-0.3, -0.25) is 14.5 Å². The molecule has 0 bridgehead atoms. The minimum atomic E-state index is -0.134. The molecule has 0 aliphatic rings. The van der Waals surface area contributed by atoms with E-state index >= 15 is 0 Å². The highest BCUT2D eigenvalue weighted by Gasteiger charge is 2.02. The lowest BCUT2D eigenvalue weighted by molar-refractivity contribution is -0.140. The number of aryl methyl sites for hydroxylation is 3. The number of hydrogen-bond acceptors (Lipinski definition) is 4. The third kappa shape index (κ3) is 10.6. The first-order chi connectivity index (χ1) is 12.1. The van der Waals surface area contributed by atoms with Crippen LogP contribution in [-0.2, 0) is 16.1 Å². The van der Waals surface area contributed by atoms with E-state index in [9.17, 15) is 4.79 Å². The average molecular weight is 479 g/mol. The van der Waals surface area contributed by atoms with E-state index in [1.165, 1.54) is 12.8 Å². The Hall–Kier alpha value is -1.32. The zero-order chi connectivity index (χ0) is 18.5. The average Bonchev–Trinajstić information content (AvgIpc) is 2.91. The Morgan fingerprint density at radius 2 is 2.00 bits per heavy atom. The van der Waals surface area contributed by atoms with Gasteiger partial charge in [0.15, 0.2) is 5.96 Å². The number of ether oxygens (including phenoxy) is 1. The molecule has 0 spiro atoms. The van der Waals surface area contributed by atoms with Gasteiger partial charge in [-0.05, 0) is 46.1 Å². The lowest BCUT2D eigenvalue weighted by atomic mass is 10.2. The maximum atomic E-state index is 11.0. The molecule has 0 amide bonds. The van der Waals surface area contributed by atoms with Crippen molar-refractivity contribution in [1.82, 2.24) is 20.4 Å². The molecular formula is C18H34IN5O2. The second-order valence-corrected chi connectivity index (χ2v) is 6.08. The molecule has 0 unspecified atom stereocenters. The van der Waals surface area contributed by atoms with Crippen molar-refractivity contribution in [3.05, 3.63) is 17.5 Å². The first-order valence-electron chi connectivity index (χ1n) is 9.16. The summed E-state index contributed by atoms with van der Waals surface area (Å²) in [5.41, 5.74) is 2.25. The molecule has 0 saturated carbocycles. The fourth-order valence-electron chi connectivity index (χ4n) is 2.53. The number of rotatable bonds is 11. The number of aliphatic imine (C=N–C) groups is 1. The third-order valence-corrected chi connectivity index (χ3v) is 3.82. The molecule has 1 heterocycles. The molecule has 1 aromatic rings. The fraction of sp³-hybridized carbons (Fsp3) is 0.722. The monoisotopic (exact) mass is 479 g/mol. The molecule has 2 N–H and O–H groups in total. The van der Waals surface area contributed by atoms with E-state index < -0.39 is 0 Å². The zero-order valence-electron chi connectivity index (χ0n) is 16.5. The van der Waals surface area contributed by atoms with Gasteiger partial charge in [0.25, 0.3) is 0 Å². The highest BCUT2D eigenvalue weighted by atomic mass is 127. The first kappa shape index (κ1) is 24.7. The summed E-state index contributed by atoms with van der Waals surface area (Å²) in [4.78, 5) is 15.6. The Labute approximate surface area is 174 Å². The smallest absolute Gasteiger partial charge is 0.305 e. The van der Waals surface area contributed by atoms with Crippen LogP contribution in [0.5, 0.6) is 0 Å². The van der Waals surface area contributed by atoms with E-state index in [1.807, 2.05) is 11.6 Å². The summed E-state index contributed by atoms with van der Waals surface area (Å²) in [7, 11) is 1.43. The van der Waals surface area contributed by atoms with Crippen LogP contribution in [0.4, 0.5) is 0 Å². The number of esters is 1. The molecule has 0 aliphatic heterocycles. The van der Waals surface area contributed by atoms with Crippen LogP contribution in [0.1, 0.15) is 50.4 Å². The van der Waals surface area contributed by atoms with Crippen molar-refractivity contribution in [3.63, 3.8) is 0 Å². The summed E-state index contributed by atoms with van der Waals surface area (Å²) >= 11 is 0. The number of nitrogens with zero attached hydrogens (tertiary/aromatic N) is 3. The van der Waals surface area contributed by atoms with Gasteiger partial charge >= 0.3 is 5.97 Å². The molecule has 26 heavy (non-hydrogen) atoms. The van der Waals surface area contributed by atoms with Crippen molar-refractivity contribution in [2.24, 2.45) is 4.99 Å². The van der Waals surface area contributed by atoms with Gasteiger partial charge < -0.3 is 15.4 Å². The molecule has 0 radical (unpaired) electrons. The number of nitrogens with one attached hydrogen (secondary N) is 2. The first-order valence-corrected chi connectivity index (χ1v) is 9.16. The van der Waals surface area contributed by atoms with E-state index in [0.29, 0.717) is 6.42 Å². The van der Waals surface area contributed by atoms with Gasteiger partial charge in [0.05, 0.1) is 12.8 Å². The van der Waals surface area contributed by atoms with Crippen LogP contribution in [0.3, 0.4) is 0 Å². The summed E-state index contributed by atoms with van der Waals surface area (Å²) in [6, 6.07) is 2.09. The van der Waals surface area contributed by atoms with Crippen LogP contribution in [0.25, 0.3) is 0 Å². The van der Waals surface area contributed by atoms with Crippen LogP contribution < -0.4 is 10.6 Å². The van der Waals surface area contributed by atoms with Crippen LogP contribution >= 0.6 is 24.0 Å². The van der Waals surface area contributed by atoms with Crippen LogP contribution in [0, 0.1) is 13.8 Å².